The molecule has 1 atom stereocenters. The molecular weight excluding hydrogens is 204 g/mol. The second-order valence-corrected chi connectivity index (χ2v) is 5.18. The van der Waals surface area contributed by atoms with Crippen LogP contribution < -0.4 is 5.73 Å². The minimum Gasteiger partial charge on any atom is -0.393 e. The molecule has 0 radical (unpaired) electrons. The minimum absolute atomic E-state index is 0.666. The first-order valence-electron chi connectivity index (χ1n) is 6.22. The van der Waals surface area contributed by atoms with E-state index >= 15 is 0 Å². The lowest BCUT2D eigenvalue weighted by Gasteiger charge is -2.26. The molecule has 0 aromatic carbocycles. The summed E-state index contributed by atoms with van der Waals surface area (Å²) >= 11 is 4.87. The summed E-state index contributed by atoms with van der Waals surface area (Å²) in [5, 5.41) is 0. The number of rotatable bonds is 5. The van der Waals surface area contributed by atoms with Crippen LogP contribution in [0.5, 0.6) is 0 Å². The van der Waals surface area contributed by atoms with Crippen LogP contribution in [0.25, 0.3) is 0 Å². The number of unbranched alkanes of at least 4 members (excludes halogenated alkanes) is 1. The van der Waals surface area contributed by atoms with Crippen LogP contribution >= 0.6 is 12.2 Å². The molecule has 0 aromatic heterocycles. The molecule has 1 fully saturated rings. The van der Waals surface area contributed by atoms with Crippen LogP contribution in [0.3, 0.4) is 0 Å². The van der Waals surface area contributed by atoms with Gasteiger partial charge in [0.15, 0.2) is 0 Å². The number of thiocarbonyl (C=S) groups is 1. The van der Waals surface area contributed by atoms with E-state index in [1.54, 1.807) is 0 Å². The average Bonchev–Trinajstić information content (AvgIpc) is 2.38. The van der Waals surface area contributed by atoms with E-state index in [-0.39, 0.29) is 0 Å². The summed E-state index contributed by atoms with van der Waals surface area (Å²) in [6, 6.07) is 0.775. The van der Waals surface area contributed by atoms with Crippen molar-refractivity contribution >= 4 is 17.2 Å². The molecule has 1 unspecified atom stereocenters. The fraction of sp³-hybridized carbons (Fsp3) is 0.917. The third-order valence-electron chi connectivity index (χ3n) is 3.31. The predicted molar refractivity (Wildman–Crippen MR) is 70.1 cm³/mol. The standard InChI is InChI=1S/C12H24N2S/c1-11-7-3-2-5-9-14(11)10-6-4-8-12(13)15/h11H,2-10H2,1H3,(H2,13,15). The Morgan fingerprint density at radius 3 is 2.87 bits per heavy atom. The Bertz CT molecular complexity index is 194. The molecule has 1 rings (SSSR count). The highest BCUT2D eigenvalue weighted by Crippen LogP contribution is 2.16. The maximum atomic E-state index is 5.48. The van der Waals surface area contributed by atoms with Gasteiger partial charge in [-0.15, -0.1) is 0 Å². The summed E-state index contributed by atoms with van der Waals surface area (Å²) in [6.07, 6.45) is 8.87. The molecule has 15 heavy (non-hydrogen) atoms. The lowest BCUT2D eigenvalue weighted by atomic mass is 10.1. The molecule has 3 heteroatoms. The van der Waals surface area contributed by atoms with Crippen LogP contribution in [0.2, 0.25) is 0 Å². The summed E-state index contributed by atoms with van der Waals surface area (Å²) < 4.78 is 0. The number of hydrogen-bond donors (Lipinski definition) is 1. The highest BCUT2D eigenvalue weighted by atomic mass is 32.1. The van der Waals surface area contributed by atoms with E-state index in [1.807, 2.05) is 0 Å². The SMILES string of the molecule is CC1CCCCCN1CCCCC(N)=S. The lowest BCUT2D eigenvalue weighted by molar-refractivity contribution is 0.210. The molecule has 1 saturated heterocycles. The Labute approximate surface area is 99.2 Å². The molecule has 0 spiro atoms. The summed E-state index contributed by atoms with van der Waals surface area (Å²) in [7, 11) is 0. The Morgan fingerprint density at radius 2 is 2.13 bits per heavy atom. The molecule has 1 heterocycles. The van der Waals surface area contributed by atoms with Gasteiger partial charge < -0.3 is 10.6 Å². The largest absolute Gasteiger partial charge is 0.393 e. The normalized spacial score (nSPS) is 23.7. The van der Waals surface area contributed by atoms with E-state index < -0.39 is 0 Å². The van der Waals surface area contributed by atoms with E-state index in [0.717, 1.165) is 18.9 Å². The van der Waals surface area contributed by atoms with Crippen molar-refractivity contribution in [2.24, 2.45) is 5.73 Å². The average molecular weight is 228 g/mol. The lowest BCUT2D eigenvalue weighted by Crippen LogP contribution is -2.33. The van der Waals surface area contributed by atoms with Gasteiger partial charge in [0.2, 0.25) is 0 Å². The van der Waals surface area contributed by atoms with Crippen molar-refractivity contribution in [1.29, 1.82) is 0 Å². The molecule has 1 aliphatic rings. The first-order chi connectivity index (χ1) is 7.20. The van der Waals surface area contributed by atoms with Gasteiger partial charge in [0.05, 0.1) is 4.99 Å². The van der Waals surface area contributed by atoms with Gasteiger partial charge >= 0.3 is 0 Å². The molecule has 0 saturated carbocycles. The topological polar surface area (TPSA) is 29.3 Å². The molecule has 0 amide bonds. The van der Waals surface area contributed by atoms with Gasteiger partial charge in [0, 0.05) is 6.04 Å². The van der Waals surface area contributed by atoms with E-state index in [1.165, 1.54) is 45.2 Å². The fourth-order valence-corrected chi connectivity index (χ4v) is 2.43. The van der Waals surface area contributed by atoms with Crippen LogP contribution in [0.1, 0.15) is 51.9 Å². The maximum Gasteiger partial charge on any atom is 0.0727 e. The first kappa shape index (κ1) is 12.9. The number of likely N-dealkylation sites (tertiary alicyclic amines) is 1. The third kappa shape index (κ3) is 5.47. The van der Waals surface area contributed by atoms with E-state index in [4.69, 9.17) is 18.0 Å². The number of hydrogen-bond acceptors (Lipinski definition) is 2. The van der Waals surface area contributed by atoms with Crippen molar-refractivity contribution in [2.45, 2.75) is 57.9 Å². The summed E-state index contributed by atoms with van der Waals surface area (Å²) in [4.78, 5) is 3.30. The molecule has 0 aromatic rings. The first-order valence-corrected chi connectivity index (χ1v) is 6.63. The monoisotopic (exact) mass is 228 g/mol. The number of nitrogens with two attached hydrogens (primary N) is 1. The van der Waals surface area contributed by atoms with Crippen molar-refractivity contribution in [3.05, 3.63) is 0 Å². The van der Waals surface area contributed by atoms with Crippen LogP contribution in [0.4, 0.5) is 0 Å². The smallest absolute Gasteiger partial charge is 0.0727 e. The van der Waals surface area contributed by atoms with Gasteiger partial charge in [-0.05, 0) is 52.1 Å². The number of nitrogens with zero attached hydrogens (tertiary/aromatic N) is 1. The van der Waals surface area contributed by atoms with Gasteiger partial charge in [0.25, 0.3) is 0 Å². The maximum absolute atomic E-state index is 5.48. The second-order valence-electron chi connectivity index (χ2n) is 4.66. The molecular formula is C12H24N2S. The highest BCUT2D eigenvalue weighted by Gasteiger charge is 2.15. The molecule has 0 bridgehead atoms. The second kappa shape index (κ2) is 7.18. The molecule has 88 valence electrons. The molecule has 1 aliphatic heterocycles. The minimum atomic E-state index is 0.666. The van der Waals surface area contributed by atoms with E-state index in [2.05, 4.69) is 11.8 Å². The van der Waals surface area contributed by atoms with Gasteiger partial charge in [0.1, 0.15) is 0 Å². The van der Waals surface area contributed by atoms with Crippen molar-refractivity contribution in [3.63, 3.8) is 0 Å². The molecule has 0 aliphatic carbocycles. The Balaban J connectivity index is 2.15. The highest BCUT2D eigenvalue weighted by molar-refractivity contribution is 7.80. The van der Waals surface area contributed by atoms with E-state index in [9.17, 15) is 0 Å². The zero-order chi connectivity index (χ0) is 11.1. The summed E-state index contributed by atoms with van der Waals surface area (Å²) in [5.74, 6) is 0. The Kier molecular flexibility index (Phi) is 6.18. The van der Waals surface area contributed by atoms with Gasteiger partial charge in [-0.1, -0.05) is 25.1 Å². The molecule has 2 N–H and O–H groups in total. The predicted octanol–water partition coefficient (Wildman–Crippen LogP) is 2.71. The van der Waals surface area contributed by atoms with Crippen LogP contribution in [0.15, 0.2) is 0 Å². The van der Waals surface area contributed by atoms with Crippen molar-refractivity contribution in [2.75, 3.05) is 13.1 Å². The summed E-state index contributed by atoms with van der Waals surface area (Å²) in [6.45, 7) is 4.87. The third-order valence-corrected chi connectivity index (χ3v) is 3.51. The van der Waals surface area contributed by atoms with Crippen molar-refractivity contribution in [1.82, 2.24) is 4.90 Å². The Hall–Kier alpha value is -0.150. The zero-order valence-electron chi connectivity index (χ0n) is 9.87. The van der Waals surface area contributed by atoms with Crippen molar-refractivity contribution < 1.29 is 0 Å². The fourth-order valence-electron chi connectivity index (χ4n) is 2.28. The summed E-state index contributed by atoms with van der Waals surface area (Å²) in [5.41, 5.74) is 5.48. The molecule has 2 nitrogen and oxygen atoms in total. The van der Waals surface area contributed by atoms with Gasteiger partial charge in [-0.3, -0.25) is 0 Å². The van der Waals surface area contributed by atoms with Gasteiger partial charge in [-0.2, -0.15) is 0 Å². The zero-order valence-corrected chi connectivity index (χ0v) is 10.7. The van der Waals surface area contributed by atoms with Crippen molar-refractivity contribution in [3.8, 4) is 0 Å². The Morgan fingerprint density at radius 1 is 1.33 bits per heavy atom. The van der Waals surface area contributed by atoms with Gasteiger partial charge in [-0.25, -0.2) is 0 Å². The van der Waals surface area contributed by atoms with E-state index in [0.29, 0.717) is 4.99 Å². The van der Waals surface area contributed by atoms with Crippen LogP contribution in [-0.2, 0) is 0 Å². The quantitative estimate of drug-likeness (QED) is 0.579. The van der Waals surface area contributed by atoms with Crippen LogP contribution in [-0.4, -0.2) is 29.0 Å². The van der Waals surface area contributed by atoms with Crippen LogP contribution in [0, 0.1) is 0 Å².